The molecule has 0 fully saturated rings. The topological polar surface area (TPSA) is 84.1 Å². The fourth-order valence-electron chi connectivity index (χ4n) is 1.30. The molecule has 6 nitrogen and oxygen atoms in total. The SMILES string of the molecule is COC(=O)CNC(=O)Cc1c(C)n[nH]c1C. The summed E-state index contributed by atoms with van der Waals surface area (Å²) in [4.78, 5) is 22.3. The Bertz CT molecular complexity index is 379. The largest absolute Gasteiger partial charge is 0.468 e. The molecule has 0 saturated heterocycles. The van der Waals surface area contributed by atoms with Crippen molar-refractivity contribution in [2.45, 2.75) is 20.3 Å². The minimum Gasteiger partial charge on any atom is -0.468 e. The minimum absolute atomic E-state index is 0.106. The lowest BCUT2D eigenvalue weighted by atomic mass is 10.1. The van der Waals surface area contributed by atoms with E-state index in [-0.39, 0.29) is 18.9 Å². The Morgan fingerprint density at radius 1 is 1.44 bits per heavy atom. The fraction of sp³-hybridized carbons (Fsp3) is 0.500. The van der Waals surface area contributed by atoms with Gasteiger partial charge in [-0.15, -0.1) is 0 Å². The van der Waals surface area contributed by atoms with Crippen molar-refractivity contribution >= 4 is 11.9 Å². The van der Waals surface area contributed by atoms with Crippen LogP contribution in [0.3, 0.4) is 0 Å². The van der Waals surface area contributed by atoms with Crippen molar-refractivity contribution in [2.24, 2.45) is 0 Å². The summed E-state index contributed by atoms with van der Waals surface area (Å²) in [5.41, 5.74) is 2.53. The number of nitrogens with one attached hydrogen (secondary N) is 2. The third-order valence-electron chi connectivity index (χ3n) is 2.28. The third-order valence-corrected chi connectivity index (χ3v) is 2.28. The zero-order valence-corrected chi connectivity index (χ0v) is 9.59. The Hall–Kier alpha value is -1.85. The van der Waals surface area contributed by atoms with Crippen LogP contribution in [0.25, 0.3) is 0 Å². The normalized spacial score (nSPS) is 9.94. The number of amides is 1. The van der Waals surface area contributed by atoms with Gasteiger partial charge in [-0.3, -0.25) is 14.7 Å². The van der Waals surface area contributed by atoms with Gasteiger partial charge in [0.15, 0.2) is 0 Å². The summed E-state index contributed by atoms with van der Waals surface area (Å²) >= 11 is 0. The van der Waals surface area contributed by atoms with E-state index in [1.165, 1.54) is 7.11 Å². The highest BCUT2D eigenvalue weighted by Crippen LogP contribution is 2.09. The van der Waals surface area contributed by atoms with Gasteiger partial charge in [0.2, 0.25) is 5.91 Å². The molecule has 1 aromatic heterocycles. The molecular weight excluding hydrogens is 210 g/mol. The van der Waals surface area contributed by atoms with Crippen LogP contribution in [-0.2, 0) is 20.7 Å². The molecular formula is C10H15N3O3. The number of aromatic amines is 1. The van der Waals surface area contributed by atoms with Crippen LogP contribution in [0, 0.1) is 13.8 Å². The molecule has 0 bridgehead atoms. The summed E-state index contributed by atoms with van der Waals surface area (Å²) in [6.07, 6.45) is 0.213. The molecule has 2 N–H and O–H groups in total. The number of aromatic nitrogens is 2. The van der Waals surface area contributed by atoms with Gasteiger partial charge in [-0.1, -0.05) is 0 Å². The van der Waals surface area contributed by atoms with Crippen LogP contribution in [0.1, 0.15) is 17.0 Å². The molecule has 0 saturated carbocycles. The molecule has 0 aliphatic rings. The van der Waals surface area contributed by atoms with Gasteiger partial charge in [-0.25, -0.2) is 0 Å². The number of hydrogen-bond acceptors (Lipinski definition) is 4. The predicted octanol–water partition coefficient (Wildman–Crippen LogP) is -0.142. The monoisotopic (exact) mass is 225 g/mol. The second-order valence-electron chi connectivity index (χ2n) is 3.44. The molecule has 0 unspecified atom stereocenters. The highest BCUT2D eigenvalue weighted by Gasteiger charge is 2.12. The van der Waals surface area contributed by atoms with E-state index in [4.69, 9.17) is 0 Å². The van der Waals surface area contributed by atoms with Crippen molar-refractivity contribution in [3.8, 4) is 0 Å². The molecule has 6 heteroatoms. The van der Waals surface area contributed by atoms with E-state index in [1.807, 2.05) is 13.8 Å². The molecule has 1 rings (SSSR count). The van der Waals surface area contributed by atoms with E-state index in [0.29, 0.717) is 0 Å². The van der Waals surface area contributed by atoms with Crippen molar-refractivity contribution in [1.29, 1.82) is 0 Å². The van der Waals surface area contributed by atoms with Gasteiger partial charge in [0, 0.05) is 11.3 Å². The van der Waals surface area contributed by atoms with E-state index in [1.54, 1.807) is 0 Å². The summed E-state index contributed by atoms with van der Waals surface area (Å²) in [5, 5.41) is 9.25. The standard InChI is InChI=1S/C10H15N3O3/c1-6-8(7(2)13-12-6)4-9(14)11-5-10(15)16-3/h4-5H2,1-3H3,(H,11,14)(H,12,13). The number of hydrogen-bond donors (Lipinski definition) is 2. The van der Waals surface area contributed by atoms with Crippen LogP contribution in [-0.4, -0.2) is 35.7 Å². The summed E-state index contributed by atoms with van der Waals surface area (Å²) in [7, 11) is 1.28. The second-order valence-corrected chi connectivity index (χ2v) is 3.44. The smallest absolute Gasteiger partial charge is 0.325 e. The maximum absolute atomic E-state index is 11.5. The molecule has 1 aromatic rings. The molecule has 0 aliphatic carbocycles. The van der Waals surface area contributed by atoms with Crippen LogP contribution < -0.4 is 5.32 Å². The number of nitrogens with zero attached hydrogens (tertiary/aromatic N) is 1. The van der Waals surface area contributed by atoms with Gasteiger partial charge < -0.3 is 10.1 Å². The Morgan fingerprint density at radius 3 is 2.62 bits per heavy atom. The van der Waals surface area contributed by atoms with E-state index < -0.39 is 5.97 Å². The average Bonchev–Trinajstić information content (AvgIpc) is 2.57. The molecule has 1 amide bonds. The molecule has 16 heavy (non-hydrogen) atoms. The van der Waals surface area contributed by atoms with Crippen LogP contribution in [0.5, 0.6) is 0 Å². The number of methoxy groups -OCH3 is 1. The maximum Gasteiger partial charge on any atom is 0.325 e. The summed E-state index contributed by atoms with van der Waals surface area (Å²) in [6, 6.07) is 0. The van der Waals surface area contributed by atoms with Crippen molar-refractivity contribution in [3.63, 3.8) is 0 Å². The van der Waals surface area contributed by atoms with Crippen LogP contribution in [0.4, 0.5) is 0 Å². The average molecular weight is 225 g/mol. The van der Waals surface area contributed by atoms with Crippen LogP contribution >= 0.6 is 0 Å². The quantitative estimate of drug-likeness (QED) is 0.698. The summed E-state index contributed by atoms with van der Waals surface area (Å²) in [5.74, 6) is -0.688. The molecule has 0 radical (unpaired) electrons. The van der Waals surface area contributed by atoms with Crippen molar-refractivity contribution in [3.05, 3.63) is 17.0 Å². The number of carbonyl (C=O) groups is 2. The van der Waals surface area contributed by atoms with Gasteiger partial charge in [0.1, 0.15) is 6.54 Å². The predicted molar refractivity (Wildman–Crippen MR) is 56.8 cm³/mol. The van der Waals surface area contributed by atoms with E-state index >= 15 is 0 Å². The maximum atomic E-state index is 11.5. The summed E-state index contributed by atoms with van der Waals surface area (Å²) < 4.78 is 4.41. The second kappa shape index (κ2) is 5.29. The summed E-state index contributed by atoms with van der Waals surface area (Å²) in [6.45, 7) is 3.57. The van der Waals surface area contributed by atoms with Gasteiger partial charge in [0.25, 0.3) is 0 Å². The molecule has 88 valence electrons. The van der Waals surface area contributed by atoms with E-state index in [9.17, 15) is 9.59 Å². The Labute approximate surface area is 93.4 Å². The first kappa shape index (κ1) is 12.2. The van der Waals surface area contributed by atoms with Gasteiger partial charge >= 0.3 is 5.97 Å². The van der Waals surface area contributed by atoms with E-state index in [0.717, 1.165) is 17.0 Å². The first-order valence-corrected chi connectivity index (χ1v) is 4.88. The van der Waals surface area contributed by atoms with E-state index in [2.05, 4.69) is 20.3 Å². The van der Waals surface area contributed by atoms with Crippen molar-refractivity contribution < 1.29 is 14.3 Å². The molecule has 0 aromatic carbocycles. The number of aryl methyl sites for hydroxylation is 2. The fourth-order valence-corrected chi connectivity index (χ4v) is 1.30. The minimum atomic E-state index is -0.464. The highest BCUT2D eigenvalue weighted by molar-refractivity contribution is 5.83. The number of esters is 1. The lowest BCUT2D eigenvalue weighted by Gasteiger charge is -2.03. The zero-order valence-electron chi connectivity index (χ0n) is 9.59. The number of H-pyrrole nitrogens is 1. The third kappa shape index (κ3) is 3.08. The Morgan fingerprint density at radius 2 is 2.12 bits per heavy atom. The lowest BCUT2D eigenvalue weighted by molar-refractivity contribution is -0.141. The van der Waals surface area contributed by atoms with Crippen molar-refractivity contribution in [1.82, 2.24) is 15.5 Å². The number of carbonyl (C=O) groups excluding carboxylic acids is 2. The van der Waals surface area contributed by atoms with Gasteiger partial charge in [-0.05, 0) is 13.8 Å². The Kier molecular flexibility index (Phi) is 4.04. The van der Waals surface area contributed by atoms with Gasteiger partial charge in [0.05, 0.1) is 19.2 Å². The Balaban J connectivity index is 2.49. The highest BCUT2D eigenvalue weighted by atomic mass is 16.5. The number of ether oxygens (including phenoxy) is 1. The molecule has 0 atom stereocenters. The molecule has 0 aliphatic heterocycles. The first-order chi connectivity index (χ1) is 7.54. The molecule has 0 spiro atoms. The zero-order chi connectivity index (χ0) is 12.1. The first-order valence-electron chi connectivity index (χ1n) is 4.88. The molecule has 1 heterocycles. The number of rotatable bonds is 4. The van der Waals surface area contributed by atoms with Gasteiger partial charge in [-0.2, -0.15) is 5.10 Å². The van der Waals surface area contributed by atoms with Crippen LogP contribution in [0.2, 0.25) is 0 Å². The van der Waals surface area contributed by atoms with Crippen LogP contribution in [0.15, 0.2) is 0 Å². The van der Waals surface area contributed by atoms with Crippen molar-refractivity contribution in [2.75, 3.05) is 13.7 Å². The lowest BCUT2D eigenvalue weighted by Crippen LogP contribution is -2.31.